The predicted molar refractivity (Wildman–Crippen MR) is 133 cm³/mol. The highest BCUT2D eigenvalue weighted by Gasteiger charge is 2.10. The van der Waals surface area contributed by atoms with Gasteiger partial charge in [-0.25, -0.2) is 4.21 Å². The average molecular weight is 477 g/mol. The van der Waals surface area contributed by atoms with Crippen LogP contribution in [-0.2, 0) is 10.8 Å². The predicted octanol–water partition coefficient (Wildman–Crippen LogP) is 5.62. The molecular weight excluding hydrogens is 452 g/mol. The van der Waals surface area contributed by atoms with E-state index in [9.17, 15) is 4.21 Å². The first kappa shape index (κ1) is 23.0. The van der Waals surface area contributed by atoms with Gasteiger partial charge in [0.25, 0.3) is 0 Å². The van der Waals surface area contributed by atoms with Gasteiger partial charge in [-0.3, -0.25) is 0 Å². The Morgan fingerprint density at radius 3 is 1.26 bits per heavy atom. The van der Waals surface area contributed by atoms with E-state index in [4.69, 9.17) is 30.4 Å². The zero-order chi connectivity index (χ0) is 24.1. The monoisotopic (exact) mass is 476 g/mol. The number of nitrogens with two attached hydrogens (primary N) is 2. The molecule has 0 fully saturated rings. The van der Waals surface area contributed by atoms with Crippen molar-refractivity contribution in [2.75, 3.05) is 25.7 Å². The van der Waals surface area contributed by atoms with Gasteiger partial charge in [-0.1, -0.05) is 0 Å². The second-order valence-corrected chi connectivity index (χ2v) is 8.70. The molecule has 0 spiro atoms. The summed E-state index contributed by atoms with van der Waals surface area (Å²) in [5.74, 6) is 3.48. The number of rotatable bonds is 8. The highest BCUT2D eigenvalue weighted by atomic mass is 32.2. The van der Waals surface area contributed by atoms with Crippen LogP contribution in [-0.4, -0.2) is 18.4 Å². The van der Waals surface area contributed by atoms with Gasteiger partial charge in [-0.05, 0) is 72.8 Å². The molecule has 0 amide bonds. The van der Waals surface area contributed by atoms with Crippen molar-refractivity contribution >= 4 is 22.2 Å². The second-order valence-electron chi connectivity index (χ2n) is 7.22. The first-order valence-electron chi connectivity index (χ1n) is 10.3. The van der Waals surface area contributed by atoms with E-state index in [0.29, 0.717) is 55.7 Å². The fourth-order valence-corrected chi connectivity index (χ4v) is 4.22. The first-order valence-corrected chi connectivity index (χ1v) is 11.5. The van der Waals surface area contributed by atoms with Gasteiger partial charge in [-0.15, -0.1) is 0 Å². The largest absolute Gasteiger partial charge is 0.494 e. The van der Waals surface area contributed by atoms with Gasteiger partial charge in [-0.2, -0.15) is 0 Å². The van der Waals surface area contributed by atoms with Crippen molar-refractivity contribution in [3.8, 4) is 34.5 Å². The fourth-order valence-electron chi connectivity index (χ4n) is 3.18. The van der Waals surface area contributed by atoms with Crippen molar-refractivity contribution in [3.05, 3.63) is 84.9 Å². The summed E-state index contributed by atoms with van der Waals surface area (Å²) >= 11 is 0. The molecule has 0 aliphatic rings. The maximum absolute atomic E-state index is 13.0. The lowest BCUT2D eigenvalue weighted by molar-refractivity contribution is 0.411. The number of hydrogen-bond donors (Lipinski definition) is 2. The Morgan fingerprint density at radius 1 is 0.559 bits per heavy atom. The fraction of sp³-hybridized carbons (Fsp3) is 0.0769. The van der Waals surface area contributed by atoms with Gasteiger partial charge >= 0.3 is 0 Å². The molecule has 4 aromatic rings. The average Bonchev–Trinajstić information content (AvgIpc) is 2.87. The number of methoxy groups -OCH3 is 2. The summed E-state index contributed by atoms with van der Waals surface area (Å²) in [7, 11) is 1.74. The van der Waals surface area contributed by atoms with Crippen molar-refractivity contribution in [2.24, 2.45) is 0 Å². The molecule has 174 valence electrons. The molecule has 4 N–H and O–H groups in total. The summed E-state index contributed by atoms with van der Waals surface area (Å²) < 4.78 is 35.1. The highest BCUT2D eigenvalue weighted by molar-refractivity contribution is 7.85. The lowest BCUT2D eigenvalue weighted by Gasteiger charge is -2.11. The van der Waals surface area contributed by atoms with Crippen LogP contribution in [0.1, 0.15) is 0 Å². The zero-order valence-corrected chi connectivity index (χ0v) is 19.5. The van der Waals surface area contributed by atoms with E-state index in [1.807, 2.05) is 0 Å². The summed E-state index contributed by atoms with van der Waals surface area (Å²) in [6.45, 7) is 0. The van der Waals surface area contributed by atoms with Crippen LogP contribution < -0.4 is 30.4 Å². The van der Waals surface area contributed by atoms with Crippen molar-refractivity contribution in [1.29, 1.82) is 0 Å². The summed E-state index contributed by atoms with van der Waals surface area (Å²) in [5.41, 5.74) is 12.7. The van der Waals surface area contributed by atoms with E-state index in [2.05, 4.69) is 0 Å². The molecule has 4 aromatic carbocycles. The summed E-state index contributed by atoms with van der Waals surface area (Å²) in [4.78, 5) is 1.30. The maximum atomic E-state index is 13.0. The van der Waals surface area contributed by atoms with Crippen molar-refractivity contribution in [3.63, 3.8) is 0 Å². The number of benzene rings is 4. The molecule has 0 aliphatic carbocycles. The van der Waals surface area contributed by atoms with Gasteiger partial charge in [0.15, 0.2) is 0 Å². The Morgan fingerprint density at radius 2 is 0.912 bits per heavy atom. The third-order valence-electron chi connectivity index (χ3n) is 4.96. The lowest BCUT2D eigenvalue weighted by Crippen LogP contribution is -1.95. The first-order chi connectivity index (χ1) is 16.5. The van der Waals surface area contributed by atoms with Crippen LogP contribution in [0.3, 0.4) is 0 Å². The molecule has 4 rings (SSSR count). The van der Waals surface area contributed by atoms with Gasteiger partial charge in [0.2, 0.25) is 0 Å². The molecule has 7 nitrogen and oxygen atoms in total. The highest BCUT2D eigenvalue weighted by Crippen LogP contribution is 2.32. The molecule has 0 atom stereocenters. The molecule has 0 saturated heterocycles. The molecule has 8 heteroatoms. The van der Waals surface area contributed by atoms with Crippen LogP contribution in [0.5, 0.6) is 34.5 Å². The van der Waals surface area contributed by atoms with Crippen LogP contribution in [0, 0.1) is 0 Å². The Balaban J connectivity index is 1.42. The molecule has 0 bridgehead atoms. The minimum absolute atomic E-state index is 0.533. The van der Waals surface area contributed by atoms with Crippen LogP contribution in [0.25, 0.3) is 0 Å². The van der Waals surface area contributed by atoms with Gasteiger partial charge < -0.3 is 30.4 Å². The number of nitrogen functional groups attached to an aromatic ring is 2. The van der Waals surface area contributed by atoms with Gasteiger partial charge in [0.1, 0.15) is 34.5 Å². The molecule has 0 saturated carbocycles. The lowest BCUT2D eigenvalue weighted by atomic mass is 10.3. The third kappa shape index (κ3) is 5.24. The minimum atomic E-state index is -1.36. The van der Waals surface area contributed by atoms with Gasteiger partial charge in [0.05, 0.1) is 36.4 Å². The third-order valence-corrected chi connectivity index (χ3v) is 6.36. The van der Waals surface area contributed by atoms with E-state index in [1.54, 1.807) is 99.1 Å². The zero-order valence-electron chi connectivity index (χ0n) is 18.7. The number of hydrogen-bond acceptors (Lipinski definition) is 7. The normalized spacial score (nSPS) is 10.7. The Labute approximate surface area is 200 Å². The standard InChI is InChI=1S/C26H24N2O5S/c1-30-25-15-19(7-13-23(25)27)32-17-3-9-21(10-4-17)34(29)22-11-5-18(6-12-22)33-20-8-14-24(28)26(16-20)31-2/h3-16H,27-28H2,1-2H3. The maximum Gasteiger partial charge on any atom is 0.145 e. The molecular formula is C26H24N2O5S. The molecule has 34 heavy (non-hydrogen) atoms. The minimum Gasteiger partial charge on any atom is -0.494 e. The van der Waals surface area contributed by atoms with Gasteiger partial charge in [0, 0.05) is 21.9 Å². The molecule has 0 radical (unpaired) electrons. The van der Waals surface area contributed by atoms with Crippen LogP contribution in [0.4, 0.5) is 11.4 Å². The molecule has 0 heterocycles. The Kier molecular flexibility index (Phi) is 6.89. The summed E-state index contributed by atoms with van der Waals surface area (Å²) in [6.07, 6.45) is 0. The van der Waals surface area contributed by atoms with Crippen LogP contribution in [0.2, 0.25) is 0 Å². The quantitative estimate of drug-likeness (QED) is 0.318. The smallest absolute Gasteiger partial charge is 0.145 e. The van der Waals surface area contributed by atoms with E-state index in [1.165, 1.54) is 0 Å². The molecule has 0 unspecified atom stereocenters. The molecule has 0 aromatic heterocycles. The topological polar surface area (TPSA) is 106 Å². The summed E-state index contributed by atoms with van der Waals surface area (Å²) in [6, 6.07) is 24.5. The van der Waals surface area contributed by atoms with E-state index in [0.717, 1.165) is 0 Å². The van der Waals surface area contributed by atoms with Crippen molar-refractivity contribution in [1.82, 2.24) is 0 Å². The number of ether oxygens (including phenoxy) is 4. The Hall–Kier alpha value is -4.17. The second kappa shape index (κ2) is 10.2. The van der Waals surface area contributed by atoms with Crippen molar-refractivity contribution in [2.45, 2.75) is 9.79 Å². The summed E-state index contributed by atoms with van der Waals surface area (Å²) in [5, 5.41) is 0. The van der Waals surface area contributed by atoms with E-state index < -0.39 is 10.8 Å². The van der Waals surface area contributed by atoms with Crippen LogP contribution in [0.15, 0.2) is 94.7 Å². The molecule has 0 aliphatic heterocycles. The number of anilines is 2. The van der Waals surface area contributed by atoms with Crippen LogP contribution >= 0.6 is 0 Å². The van der Waals surface area contributed by atoms with E-state index >= 15 is 0 Å². The van der Waals surface area contributed by atoms with E-state index in [-0.39, 0.29) is 0 Å². The Bertz CT molecular complexity index is 1210. The van der Waals surface area contributed by atoms with Crippen molar-refractivity contribution < 1.29 is 23.2 Å². The SMILES string of the molecule is COc1cc(Oc2ccc(S(=O)c3ccc(Oc4ccc(N)c(OC)c4)cc3)cc2)ccc1N.